The summed E-state index contributed by atoms with van der Waals surface area (Å²) in [5, 5.41) is 38.3. The molecule has 1 saturated heterocycles. The van der Waals surface area contributed by atoms with E-state index in [2.05, 4.69) is 57.3 Å². The summed E-state index contributed by atoms with van der Waals surface area (Å²) in [6.45, 7) is -1.37. The highest BCUT2D eigenvalue weighted by molar-refractivity contribution is 8.46. The van der Waals surface area contributed by atoms with E-state index in [0.29, 0.717) is 6.42 Å². The predicted molar refractivity (Wildman–Crippen MR) is 113 cm³/mol. The first-order chi connectivity index (χ1) is 16.3. The molecule has 0 aromatic carbocycles. The van der Waals surface area contributed by atoms with Gasteiger partial charge in [-0.15, -0.1) is 4.67 Å². The van der Waals surface area contributed by atoms with Crippen LogP contribution < -0.4 is 10.6 Å². The van der Waals surface area contributed by atoms with Crippen LogP contribution in [-0.2, 0) is 63.2 Å². The number of nitrogens with one attached hydrogen (secondary N) is 2. The van der Waals surface area contributed by atoms with E-state index in [4.69, 9.17) is 4.74 Å². The molecule has 2 amide bonds. The van der Waals surface area contributed by atoms with Gasteiger partial charge >= 0.3 is 6.75 Å². The van der Waals surface area contributed by atoms with Crippen molar-refractivity contribution in [1.82, 2.24) is 10.6 Å². The van der Waals surface area contributed by atoms with Crippen molar-refractivity contribution in [1.29, 1.82) is 0 Å². The average molecular weight is 554 g/mol. The zero-order valence-electron chi connectivity index (χ0n) is 18.3. The van der Waals surface area contributed by atoms with Crippen molar-refractivity contribution in [2.24, 2.45) is 0 Å². The van der Waals surface area contributed by atoms with Gasteiger partial charge in [0.1, 0.15) is 18.8 Å². The second-order valence-electron chi connectivity index (χ2n) is 6.83. The second-order valence-corrected chi connectivity index (χ2v) is 13.8. The van der Waals surface area contributed by atoms with Crippen molar-refractivity contribution in [3.63, 3.8) is 0 Å². The quantitative estimate of drug-likeness (QED) is 0.0848. The molecule has 0 aliphatic carbocycles. The summed E-state index contributed by atoms with van der Waals surface area (Å²) < 4.78 is 30.8. The minimum atomic E-state index is -3.62. The van der Waals surface area contributed by atoms with Gasteiger partial charge in [0, 0.05) is 25.9 Å². The Morgan fingerprint density at radius 1 is 1.09 bits per heavy atom. The molecular weight excluding hydrogens is 525 g/mol. The van der Waals surface area contributed by atoms with E-state index in [9.17, 15) is 23.8 Å². The number of rotatable bonds is 20. The van der Waals surface area contributed by atoms with E-state index >= 15 is 0 Å². The number of aliphatic hydroxyl groups is 1. The first-order valence-corrected chi connectivity index (χ1v) is 15.0. The molecule has 5 atom stereocenters. The zero-order valence-corrected chi connectivity index (χ0v) is 21.3. The van der Waals surface area contributed by atoms with Crippen molar-refractivity contribution < 1.29 is 68.4 Å². The Hall–Kier alpha value is -0.700. The molecule has 19 heteroatoms. The molecule has 3 N–H and O–H groups in total. The standard InChI is InChI=1S/C15H29N2O14P3/c1-2-3-4-5-6-14(19)16-7-8-17-15(20)12-9-11(18)13(24-12)10-23-25-26-27-28-29-30-31-34(22,32)33-21/h11-13,18H,2-10,32H2,1H3,(H,16,19)(H,17,20). The fourth-order valence-corrected chi connectivity index (χ4v) is 2.99. The maximum Gasteiger partial charge on any atom is 0.333 e. The van der Waals surface area contributed by atoms with Crippen LogP contribution in [0.1, 0.15) is 45.4 Å². The minimum absolute atomic E-state index is 0.0255. The van der Waals surface area contributed by atoms with E-state index in [0.717, 1.165) is 25.7 Å². The largest absolute Gasteiger partial charge is 0.390 e. The molecule has 1 rings (SSSR count). The van der Waals surface area contributed by atoms with Crippen LogP contribution in [0.15, 0.2) is 0 Å². The van der Waals surface area contributed by atoms with Crippen LogP contribution in [0.3, 0.4) is 0 Å². The van der Waals surface area contributed by atoms with Crippen molar-refractivity contribution in [3.05, 3.63) is 0 Å². The van der Waals surface area contributed by atoms with Crippen LogP contribution in [0.4, 0.5) is 0 Å². The van der Waals surface area contributed by atoms with E-state index in [-0.39, 0.29) is 32.0 Å². The van der Waals surface area contributed by atoms with E-state index in [1.165, 1.54) is 0 Å². The monoisotopic (exact) mass is 554 g/mol. The maximum absolute atomic E-state index is 12.1. The Balaban J connectivity index is 2.05. The molecule has 0 spiro atoms. The summed E-state index contributed by atoms with van der Waals surface area (Å²) in [4.78, 5) is 28.4. The molecule has 1 aliphatic rings. The van der Waals surface area contributed by atoms with Gasteiger partial charge in [-0.3, -0.25) is 18.7 Å². The van der Waals surface area contributed by atoms with Gasteiger partial charge in [0.25, 0.3) is 8.15 Å². The first-order valence-electron chi connectivity index (χ1n) is 10.2. The van der Waals surface area contributed by atoms with Crippen LogP contribution in [0.2, 0.25) is 0 Å². The van der Waals surface area contributed by atoms with Crippen LogP contribution in [0.5, 0.6) is 0 Å². The van der Waals surface area contributed by atoms with Gasteiger partial charge in [-0.25, -0.2) is 4.89 Å². The Labute approximate surface area is 198 Å². The van der Waals surface area contributed by atoms with Crippen LogP contribution in [0, 0.1) is 0 Å². The summed E-state index contributed by atoms with van der Waals surface area (Å²) in [5.74, 6) is -0.512. The number of unbranched alkanes of at least 4 members (excludes halogenated alkanes) is 3. The van der Waals surface area contributed by atoms with E-state index in [1.807, 2.05) is 0 Å². The highest BCUT2D eigenvalue weighted by atomic mass is 32.4. The summed E-state index contributed by atoms with van der Waals surface area (Å²) in [6.07, 6.45) is 1.68. The topological polar surface area (TPSA) is 196 Å². The van der Waals surface area contributed by atoms with Gasteiger partial charge in [-0.2, -0.15) is 0 Å². The number of carbonyl (C=O) groups excluding carboxylic acids is 2. The van der Waals surface area contributed by atoms with Gasteiger partial charge in [0.05, 0.1) is 6.10 Å². The highest BCUT2D eigenvalue weighted by Gasteiger charge is 2.38. The lowest BCUT2D eigenvalue weighted by Gasteiger charge is -2.14. The Morgan fingerprint density at radius 3 is 2.47 bits per heavy atom. The molecule has 1 aliphatic heterocycles. The Bertz CT molecular complexity index is 660. The number of hydrogen-bond donors (Lipinski definition) is 3. The summed E-state index contributed by atoms with van der Waals surface area (Å²) in [7, 11) is 0.782. The van der Waals surface area contributed by atoms with Gasteiger partial charge in [0.2, 0.25) is 11.8 Å². The molecule has 0 bridgehead atoms. The third kappa shape index (κ3) is 14.6. The molecule has 0 saturated carbocycles. The smallest absolute Gasteiger partial charge is 0.333 e. The number of amides is 2. The Kier molecular flexibility index (Phi) is 17.1. The molecule has 16 nitrogen and oxygen atoms in total. The SMILES string of the molecule is CCCCCCC(=O)NCCNC(=O)C1CC(O)C(COOOOOOOOP(=O)(P)P=O)O1. The molecule has 34 heavy (non-hydrogen) atoms. The zero-order chi connectivity index (χ0) is 25.2. The van der Waals surface area contributed by atoms with Crippen LogP contribution in [-0.4, -0.2) is 54.9 Å². The average Bonchev–Trinajstić information content (AvgIpc) is 3.18. The third-order valence-corrected chi connectivity index (χ3v) is 6.68. The van der Waals surface area contributed by atoms with Crippen LogP contribution in [0.25, 0.3) is 0 Å². The summed E-state index contributed by atoms with van der Waals surface area (Å²) in [6, 6.07) is 0. The van der Waals surface area contributed by atoms with Gasteiger partial charge < -0.3 is 20.5 Å². The third-order valence-electron chi connectivity index (χ3n) is 4.19. The molecule has 1 heterocycles. The van der Waals surface area contributed by atoms with Crippen LogP contribution >= 0.6 is 23.8 Å². The maximum atomic E-state index is 12.1. The van der Waals surface area contributed by atoms with Crippen molar-refractivity contribution >= 4 is 35.6 Å². The van der Waals surface area contributed by atoms with Gasteiger partial charge in [0.15, 0.2) is 0 Å². The Morgan fingerprint density at radius 2 is 1.76 bits per heavy atom. The van der Waals surface area contributed by atoms with Gasteiger partial charge in [-0.1, -0.05) is 26.2 Å². The van der Waals surface area contributed by atoms with E-state index in [1.54, 1.807) is 8.93 Å². The molecule has 1 fully saturated rings. The van der Waals surface area contributed by atoms with E-state index < -0.39 is 39.1 Å². The fourth-order valence-electron chi connectivity index (χ4n) is 2.58. The molecule has 0 radical (unpaired) electrons. The fraction of sp³-hybridized carbons (Fsp3) is 0.867. The highest BCUT2D eigenvalue weighted by Crippen LogP contribution is 2.66. The number of aliphatic hydroxyl groups excluding tert-OH is 1. The first kappa shape index (κ1) is 31.3. The predicted octanol–water partition coefficient (Wildman–Crippen LogP) is 1.52. The lowest BCUT2D eigenvalue weighted by Crippen LogP contribution is -2.40. The molecule has 0 aromatic rings. The number of hydrogen-bond acceptors (Lipinski definition) is 14. The number of ether oxygens (including phenoxy) is 1. The summed E-state index contributed by atoms with van der Waals surface area (Å²) in [5.41, 5.74) is 0. The molecule has 5 unspecified atom stereocenters. The van der Waals surface area contributed by atoms with Crippen molar-refractivity contribution in [3.8, 4) is 0 Å². The summed E-state index contributed by atoms with van der Waals surface area (Å²) >= 11 is 0. The normalized spacial score (nSPS) is 21.9. The molecule has 0 aromatic heterocycles. The number of carbonyl (C=O) groups is 2. The van der Waals surface area contributed by atoms with Gasteiger partial charge in [-0.05, 0) is 45.6 Å². The van der Waals surface area contributed by atoms with Crippen molar-refractivity contribution in [2.45, 2.75) is 63.8 Å². The molecular formula is C15H29N2O14P3. The molecule has 198 valence electrons. The lowest BCUT2D eigenvalue weighted by molar-refractivity contribution is -0.808. The lowest BCUT2D eigenvalue weighted by atomic mass is 10.1. The van der Waals surface area contributed by atoms with Crippen molar-refractivity contribution in [2.75, 3.05) is 19.7 Å². The second kappa shape index (κ2) is 18.6. The minimum Gasteiger partial charge on any atom is -0.390 e.